The topological polar surface area (TPSA) is 97.4 Å². The largest absolute Gasteiger partial charge is 0.464 e. The van der Waals surface area contributed by atoms with Gasteiger partial charge >= 0.3 is 11.7 Å². The molecule has 0 unspecified atom stereocenters. The minimum Gasteiger partial charge on any atom is -0.464 e. The molecule has 0 spiro atoms. The Morgan fingerprint density at radius 3 is 2.81 bits per heavy atom. The Bertz CT molecular complexity index is 1240. The van der Waals surface area contributed by atoms with Crippen LogP contribution < -0.4 is 11.2 Å². The zero-order valence-corrected chi connectivity index (χ0v) is 18.0. The van der Waals surface area contributed by atoms with Gasteiger partial charge in [-0.2, -0.15) is 0 Å². The van der Waals surface area contributed by atoms with Crippen LogP contribution in [0.15, 0.2) is 40.2 Å². The van der Waals surface area contributed by atoms with E-state index in [1.807, 2.05) is 0 Å². The quantitative estimate of drug-likeness (QED) is 0.539. The van der Waals surface area contributed by atoms with E-state index in [0.717, 1.165) is 17.4 Å². The maximum Gasteiger partial charge on any atom is 0.337 e. The number of fused-ring (bicyclic) bond motifs is 1. The first-order valence-corrected chi connectivity index (χ1v) is 10.6. The van der Waals surface area contributed by atoms with Gasteiger partial charge in [0.25, 0.3) is 5.56 Å². The van der Waals surface area contributed by atoms with Gasteiger partial charge in [-0.3, -0.25) is 9.36 Å². The molecule has 2 aromatic heterocycles. The van der Waals surface area contributed by atoms with Crippen molar-refractivity contribution < 1.29 is 14.3 Å². The number of hydrogen-bond acceptors (Lipinski definition) is 6. The van der Waals surface area contributed by atoms with Crippen LogP contribution in [0.4, 0.5) is 0 Å². The van der Waals surface area contributed by atoms with Crippen molar-refractivity contribution in [1.82, 2.24) is 18.7 Å². The number of benzene rings is 1. The Balaban J connectivity index is 2.00. The summed E-state index contributed by atoms with van der Waals surface area (Å²) in [6.07, 6.45) is 2.77. The second-order valence-electron chi connectivity index (χ2n) is 7.37. The summed E-state index contributed by atoms with van der Waals surface area (Å²) < 4.78 is 14.6. The van der Waals surface area contributed by atoms with Crippen molar-refractivity contribution in [3.05, 3.63) is 56.5 Å². The molecular formula is C21H23ClN4O5. The minimum absolute atomic E-state index is 0.108. The van der Waals surface area contributed by atoms with Crippen molar-refractivity contribution in [1.29, 1.82) is 0 Å². The van der Waals surface area contributed by atoms with Gasteiger partial charge in [0.2, 0.25) is 0 Å². The molecule has 4 rings (SSSR count). The molecule has 31 heavy (non-hydrogen) atoms. The normalized spacial score (nSPS) is 17.2. The number of nitrogens with zero attached hydrogens (tertiary/aromatic N) is 4. The number of imidazole rings is 1. The smallest absolute Gasteiger partial charge is 0.337 e. The van der Waals surface area contributed by atoms with Gasteiger partial charge in [-0.1, -0.05) is 23.7 Å². The number of carbonyl (C=O) groups excluding carboxylic acids is 1. The molecule has 1 fully saturated rings. The number of aromatic nitrogens is 4. The summed E-state index contributed by atoms with van der Waals surface area (Å²) in [6, 6.07) is 6.03. The molecule has 0 amide bonds. The van der Waals surface area contributed by atoms with Gasteiger partial charge in [0.05, 0.1) is 36.3 Å². The Kier molecular flexibility index (Phi) is 5.97. The molecule has 1 aliphatic rings. The van der Waals surface area contributed by atoms with Crippen LogP contribution in [0.3, 0.4) is 0 Å². The highest BCUT2D eigenvalue weighted by atomic mass is 35.5. The fraction of sp³-hybridized carbons (Fsp3) is 0.429. The molecule has 9 nitrogen and oxygen atoms in total. The highest BCUT2D eigenvalue weighted by Gasteiger charge is 2.27. The van der Waals surface area contributed by atoms with Gasteiger partial charge in [-0.25, -0.2) is 19.1 Å². The van der Waals surface area contributed by atoms with Crippen LogP contribution in [0.5, 0.6) is 0 Å². The zero-order chi connectivity index (χ0) is 22.1. The van der Waals surface area contributed by atoms with Crippen molar-refractivity contribution in [3.63, 3.8) is 0 Å². The fourth-order valence-electron chi connectivity index (χ4n) is 3.82. The van der Waals surface area contributed by atoms with E-state index in [-0.39, 0.29) is 30.4 Å². The molecular weight excluding hydrogens is 424 g/mol. The van der Waals surface area contributed by atoms with E-state index < -0.39 is 23.3 Å². The Morgan fingerprint density at radius 2 is 2.13 bits per heavy atom. The number of para-hydroxylation sites is 1. The van der Waals surface area contributed by atoms with Crippen LogP contribution in [0.2, 0.25) is 5.02 Å². The Morgan fingerprint density at radius 1 is 1.35 bits per heavy atom. The van der Waals surface area contributed by atoms with E-state index in [2.05, 4.69) is 4.98 Å². The van der Waals surface area contributed by atoms with Crippen molar-refractivity contribution in [3.8, 4) is 5.69 Å². The van der Waals surface area contributed by atoms with Gasteiger partial charge in [-0.05, 0) is 38.8 Å². The zero-order valence-electron chi connectivity index (χ0n) is 17.3. The third kappa shape index (κ3) is 3.79. The molecule has 0 saturated carbocycles. The molecule has 0 aliphatic carbocycles. The summed E-state index contributed by atoms with van der Waals surface area (Å²) in [5.41, 5.74) is -0.446. The molecule has 3 heterocycles. The molecule has 3 aromatic rings. The maximum absolute atomic E-state index is 13.4. The fourth-order valence-corrected chi connectivity index (χ4v) is 4.04. The SMILES string of the molecule is CCOC(=O)[C@H](C)n1cnc2c1c(=O)n(C[C@@H]1CCCO1)c(=O)n2-c1ccccc1Cl. The van der Waals surface area contributed by atoms with E-state index >= 15 is 0 Å². The minimum atomic E-state index is -0.800. The number of carbonyl (C=O) groups is 1. The van der Waals surface area contributed by atoms with Gasteiger partial charge in [-0.15, -0.1) is 0 Å². The number of hydrogen-bond donors (Lipinski definition) is 0. The van der Waals surface area contributed by atoms with E-state index in [0.29, 0.717) is 17.3 Å². The molecule has 2 atom stereocenters. The van der Waals surface area contributed by atoms with Crippen LogP contribution in [0, 0.1) is 0 Å². The summed E-state index contributed by atoms with van der Waals surface area (Å²) in [7, 11) is 0. The van der Waals surface area contributed by atoms with Crippen LogP contribution in [-0.4, -0.2) is 44.0 Å². The molecule has 0 radical (unpaired) electrons. The average Bonchev–Trinajstić information content (AvgIpc) is 3.42. The van der Waals surface area contributed by atoms with Crippen molar-refractivity contribution in [2.24, 2.45) is 0 Å². The van der Waals surface area contributed by atoms with Gasteiger partial charge in [0.1, 0.15) is 6.04 Å². The first-order chi connectivity index (χ1) is 14.9. The monoisotopic (exact) mass is 446 g/mol. The summed E-state index contributed by atoms with van der Waals surface area (Å²) in [5.74, 6) is -0.498. The highest BCUT2D eigenvalue weighted by Crippen LogP contribution is 2.23. The molecule has 0 bridgehead atoms. The van der Waals surface area contributed by atoms with E-state index in [1.54, 1.807) is 38.1 Å². The predicted molar refractivity (Wildman–Crippen MR) is 115 cm³/mol. The van der Waals surface area contributed by atoms with Crippen LogP contribution in [0.25, 0.3) is 16.9 Å². The third-order valence-corrected chi connectivity index (χ3v) is 5.72. The summed E-state index contributed by atoms with van der Waals surface area (Å²) in [5, 5.41) is 0.334. The number of rotatable bonds is 6. The van der Waals surface area contributed by atoms with Crippen molar-refractivity contribution >= 4 is 28.7 Å². The Hall–Kier alpha value is -2.91. The third-order valence-electron chi connectivity index (χ3n) is 5.40. The van der Waals surface area contributed by atoms with Gasteiger partial charge < -0.3 is 14.0 Å². The summed E-state index contributed by atoms with van der Waals surface area (Å²) >= 11 is 6.37. The van der Waals surface area contributed by atoms with Gasteiger partial charge in [0.15, 0.2) is 11.2 Å². The number of halogens is 1. The van der Waals surface area contributed by atoms with E-state index in [9.17, 15) is 14.4 Å². The lowest BCUT2D eigenvalue weighted by molar-refractivity contribution is -0.146. The molecule has 1 saturated heterocycles. The average molecular weight is 447 g/mol. The lowest BCUT2D eigenvalue weighted by atomic mass is 10.2. The number of esters is 1. The molecule has 0 N–H and O–H groups in total. The highest BCUT2D eigenvalue weighted by molar-refractivity contribution is 6.32. The summed E-state index contributed by atoms with van der Waals surface area (Å²) in [4.78, 5) is 43.5. The maximum atomic E-state index is 13.4. The van der Waals surface area contributed by atoms with Crippen LogP contribution in [-0.2, 0) is 20.8 Å². The lowest BCUT2D eigenvalue weighted by Crippen LogP contribution is -2.42. The first-order valence-electron chi connectivity index (χ1n) is 10.2. The van der Waals surface area contributed by atoms with Gasteiger partial charge in [0, 0.05) is 6.61 Å². The molecule has 10 heteroatoms. The van der Waals surface area contributed by atoms with Crippen LogP contribution >= 0.6 is 11.6 Å². The van der Waals surface area contributed by atoms with Crippen molar-refractivity contribution in [2.45, 2.75) is 45.4 Å². The van der Waals surface area contributed by atoms with Crippen molar-refractivity contribution in [2.75, 3.05) is 13.2 Å². The lowest BCUT2D eigenvalue weighted by Gasteiger charge is -2.17. The van der Waals surface area contributed by atoms with E-state index in [4.69, 9.17) is 21.1 Å². The van der Waals surface area contributed by atoms with Crippen LogP contribution in [0.1, 0.15) is 32.7 Å². The molecule has 1 aromatic carbocycles. The van der Waals surface area contributed by atoms with E-state index in [1.165, 1.54) is 15.5 Å². The second kappa shape index (κ2) is 8.68. The first kappa shape index (κ1) is 21.3. The molecule has 164 valence electrons. The molecule has 1 aliphatic heterocycles. The standard InChI is InChI=1S/C21H23ClN4O5/c1-3-30-20(28)13(2)25-12-23-18-17(25)19(27)24(11-14-7-6-10-31-14)21(29)26(18)16-9-5-4-8-15(16)22/h4-5,8-9,12-14H,3,6-7,10-11H2,1-2H3/t13-,14-/m0/s1. The number of ether oxygens (including phenoxy) is 2. The Labute approximate surface area is 182 Å². The summed E-state index contributed by atoms with van der Waals surface area (Å²) in [6.45, 7) is 4.24. The second-order valence-corrected chi connectivity index (χ2v) is 7.78. The predicted octanol–water partition coefficient (Wildman–Crippen LogP) is 2.31.